The highest BCUT2D eigenvalue weighted by atomic mass is 16.2. The highest BCUT2D eigenvalue weighted by Gasteiger charge is 2.39. The molecule has 0 atom stereocenters. The van der Waals surface area contributed by atoms with Crippen molar-refractivity contribution in [1.29, 1.82) is 0 Å². The van der Waals surface area contributed by atoms with Crippen LogP contribution in [-0.4, -0.2) is 36.8 Å². The number of urea groups is 1. The van der Waals surface area contributed by atoms with Crippen LogP contribution in [0.3, 0.4) is 0 Å². The zero-order valence-electron chi connectivity index (χ0n) is 11.9. The summed E-state index contributed by atoms with van der Waals surface area (Å²) in [5.74, 6) is -0.759. The number of nitrogens with zero attached hydrogens (tertiary/aromatic N) is 1. The molecular weight excluding hydrogens is 258 g/mol. The molecule has 0 bridgehead atoms. The maximum Gasteiger partial charge on any atom is 0.321 e. The quantitative estimate of drug-likeness (QED) is 0.759. The van der Waals surface area contributed by atoms with Gasteiger partial charge >= 0.3 is 6.03 Å². The molecular formula is C14H17N3O3. The molecule has 0 aliphatic carbocycles. The summed E-state index contributed by atoms with van der Waals surface area (Å²) in [6, 6.07) is 4.70. The molecule has 20 heavy (non-hydrogen) atoms. The van der Waals surface area contributed by atoms with Crippen molar-refractivity contribution < 1.29 is 14.4 Å². The summed E-state index contributed by atoms with van der Waals surface area (Å²) in [7, 11) is 3.25. The minimum atomic E-state index is -0.771. The lowest BCUT2D eigenvalue weighted by atomic mass is 9.78. The summed E-state index contributed by atoms with van der Waals surface area (Å²) in [6.07, 6.45) is 0. The van der Waals surface area contributed by atoms with Crippen LogP contribution in [0.2, 0.25) is 0 Å². The third-order valence-electron chi connectivity index (χ3n) is 3.39. The second-order valence-corrected chi connectivity index (χ2v) is 5.49. The molecule has 0 aromatic heterocycles. The van der Waals surface area contributed by atoms with Crippen molar-refractivity contribution in [2.75, 3.05) is 19.4 Å². The number of amides is 4. The summed E-state index contributed by atoms with van der Waals surface area (Å²) in [4.78, 5) is 36.7. The summed E-state index contributed by atoms with van der Waals surface area (Å²) in [5.41, 5.74) is 0.816. The van der Waals surface area contributed by atoms with Gasteiger partial charge in [0.15, 0.2) is 0 Å². The minimum absolute atomic E-state index is 0.281. The van der Waals surface area contributed by atoms with Crippen LogP contribution < -0.4 is 10.6 Å². The van der Waals surface area contributed by atoms with Gasteiger partial charge in [0.2, 0.25) is 5.91 Å². The third-order valence-corrected chi connectivity index (χ3v) is 3.39. The van der Waals surface area contributed by atoms with E-state index in [0.717, 1.165) is 0 Å². The number of carbonyl (C=O) groups is 3. The van der Waals surface area contributed by atoms with Crippen LogP contribution in [0.1, 0.15) is 29.8 Å². The van der Waals surface area contributed by atoms with E-state index in [1.807, 2.05) is 0 Å². The Labute approximate surface area is 117 Å². The number of imide groups is 1. The zero-order valence-corrected chi connectivity index (χ0v) is 11.9. The third kappa shape index (κ3) is 2.24. The Hall–Kier alpha value is -2.37. The van der Waals surface area contributed by atoms with Gasteiger partial charge in [-0.05, 0) is 31.5 Å². The summed E-state index contributed by atoms with van der Waals surface area (Å²) < 4.78 is 0. The lowest BCUT2D eigenvalue weighted by molar-refractivity contribution is -0.125. The Kier molecular flexibility index (Phi) is 3.25. The number of carbonyl (C=O) groups excluding carboxylic acids is 3. The van der Waals surface area contributed by atoms with Crippen LogP contribution in [-0.2, 0) is 10.2 Å². The van der Waals surface area contributed by atoms with Gasteiger partial charge in [0.25, 0.3) is 5.91 Å². The van der Waals surface area contributed by atoms with Crippen LogP contribution in [0.5, 0.6) is 0 Å². The van der Waals surface area contributed by atoms with Crippen molar-refractivity contribution in [1.82, 2.24) is 10.2 Å². The van der Waals surface area contributed by atoms with Gasteiger partial charge in [-0.2, -0.15) is 0 Å². The van der Waals surface area contributed by atoms with E-state index < -0.39 is 11.3 Å². The molecule has 1 aliphatic heterocycles. The Balaban J connectivity index is 2.41. The highest BCUT2D eigenvalue weighted by Crippen LogP contribution is 2.32. The number of anilines is 1. The molecule has 1 aromatic carbocycles. The molecule has 6 nitrogen and oxygen atoms in total. The van der Waals surface area contributed by atoms with E-state index >= 15 is 0 Å². The maximum atomic E-state index is 11.9. The molecule has 0 saturated heterocycles. The molecule has 4 amide bonds. The van der Waals surface area contributed by atoms with Gasteiger partial charge < -0.3 is 10.2 Å². The molecule has 6 heteroatoms. The molecule has 106 valence electrons. The van der Waals surface area contributed by atoms with E-state index in [-0.39, 0.29) is 11.9 Å². The van der Waals surface area contributed by atoms with Gasteiger partial charge in [-0.3, -0.25) is 14.9 Å². The number of hydrogen-bond acceptors (Lipinski definition) is 3. The Morgan fingerprint density at radius 1 is 1.25 bits per heavy atom. The molecule has 0 radical (unpaired) electrons. The van der Waals surface area contributed by atoms with E-state index in [9.17, 15) is 14.4 Å². The van der Waals surface area contributed by atoms with Crippen LogP contribution in [0.4, 0.5) is 10.5 Å². The second-order valence-electron chi connectivity index (χ2n) is 5.49. The van der Waals surface area contributed by atoms with E-state index in [1.54, 1.807) is 46.1 Å². The first-order valence-corrected chi connectivity index (χ1v) is 6.22. The van der Waals surface area contributed by atoms with Crippen LogP contribution in [0.15, 0.2) is 18.2 Å². The van der Waals surface area contributed by atoms with Crippen LogP contribution in [0, 0.1) is 0 Å². The maximum absolute atomic E-state index is 11.9. The van der Waals surface area contributed by atoms with E-state index in [4.69, 9.17) is 0 Å². The molecule has 0 spiro atoms. The Morgan fingerprint density at radius 2 is 1.90 bits per heavy atom. The minimum Gasteiger partial charge on any atom is -0.331 e. The highest BCUT2D eigenvalue weighted by molar-refractivity contribution is 6.13. The van der Waals surface area contributed by atoms with Crippen molar-refractivity contribution >= 4 is 23.5 Å². The number of fused-ring (bicyclic) bond motifs is 1. The Bertz CT molecular complexity index is 606. The monoisotopic (exact) mass is 275 g/mol. The van der Waals surface area contributed by atoms with Crippen LogP contribution in [0.25, 0.3) is 0 Å². The first kappa shape index (κ1) is 14.0. The van der Waals surface area contributed by atoms with Gasteiger partial charge in [0.05, 0.1) is 5.41 Å². The van der Waals surface area contributed by atoms with E-state index in [2.05, 4.69) is 10.6 Å². The van der Waals surface area contributed by atoms with Crippen molar-refractivity contribution in [2.24, 2.45) is 0 Å². The first-order valence-electron chi connectivity index (χ1n) is 6.22. The lowest BCUT2D eigenvalue weighted by Gasteiger charge is -2.30. The molecule has 0 unspecified atom stereocenters. The second kappa shape index (κ2) is 4.63. The van der Waals surface area contributed by atoms with E-state index in [0.29, 0.717) is 16.8 Å². The van der Waals surface area contributed by atoms with Crippen LogP contribution >= 0.6 is 0 Å². The van der Waals surface area contributed by atoms with Crippen molar-refractivity contribution in [2.45, 2.75) is 19.3 Å². The largest absolute Gasteiger partial charge is 0.331 e. The fourth-order valence-electron chi connectivity index (χ4n) is 2.04. The van der Waals surface area contributed by atoms with Gasteiger partial charge in [0.1, 0.15) is 0 Å². The first-order chi connectivity index (χ1) is 9.23. The summed E-state index contributed by atoms with van der Waals surface area (Å²) in [5, 5.41) is 5.00. The molecule has 1 aromatic rings. The standard InChI is InChI=1S/C14H17N3O3/c1-14(2)10-6-5-8(15-13(20)17(3)4)7-9(10)11(18)16-12(14)19/h5-7H,1-4H3,(H,15,20)(H,16,18,19). The van der Waals surface area contributed by atoms with Gasteiger partial charge in [0, 0.05) is 25.3 Å². The van der Waals surface area contributed by atoms with Gasteiger partial charge in [-0.15, -0.1) is 0 Å². The van der Waals surface area contributed by atoms with Gasteiger partial charge in [-0.25, -0.2) is 4.79 Å². The summed E-state index contributed by atoms with van der Waals surface area (Å²) >= 11 is 0. The zero-order chi connectivity index (χ0) is 15.1. The Morgan fingerprint density at radius 3 is 2.50 bits per heavy atom. The predicted molar refractivity (Wildman–Crippen MR) is 74.6 cm³/mol. The molecule has 1 heterocycles. The lowest BCUT2D eigenvalue weighted by Crippen LogP contribution is -2.48. The fourth-order valence-corrected chi connectivity index (χ4v) is 2.04. The fraction of sp³-hybridized carbons (Fsp3) is 0.357. The molecule has 2 N–H and O–H groups in total. The number of rotatable bonds is 1. The normalized spacial score (nSPS) is 16.2. The average Bonchev–Trinajstić information content (AvgIpc) is 2.36. The van der Waals surface area contributed by atoms with Gasteiger partial charge in [-0.1, -0.05) is 6.07 Å². The number of hydrogen-bond donors (Lipinski definition) is 2. The topological polar surface area (TPSA) is 78.5 Å². The van der Waals surface area contributed by atoms with Crippen molar-refractivity contribution in [3.8, 4) is 0 Å². The number of benzene rings is 1. The predicted octanol–water partition coefficient (Wildman–Crippen LogP) is 1.33. The van der Waals surface area contributed by atoms with Crippen molar-refractivity contribution in [3.63, 3.8) is 0 Å². The molecule has 0 saturated carbocycles. The average molecular weight is 275 g/mol. The molecule has 2 rings (SSSR count). The van der Waals surface area contributed by atoms with Crippen molar-refractivity contribution in [3.05, 3.63) is 29.3 Å². The smallest absolute Gasteiger partial charge is 0.321 e. The molecule has 1 aliphatic rings. The SMILES string of the molecule is CN(C)C(=O)Nc1ccc2c(c1)C(=O)NC(=O)C2(C)C. The number of nitrogens with one attached hydrogen (secondary N) is 2. The van der Waals surface area contributed by atoms with E-state index in [1.165, 1.54) is 4.90 Å². The molecule has 0 fully saturated rings. The summed E-state index contributed by atoms with van der Waals surface area (Å²) in [6.45, 7) is 3.51.